The second kappa shape index (κ2) is 7.70. The van der Waals surface area contributed by atoms with Crippen LogP contribution in [-0.4, -0.2) is 27.6 Å². The zero-order valence-electron chi connectivity index (χ0n) is 15.3. The number of aromatic nitrogens is 3. The zero-order valence-corrected chi connectivity index (χ0v) is 15.3. The quantitative estimate of drug-likeness (QED) is 0.663. The molecule has 1 aliphatic heterocycles. The average molecular weight is 362 g/mol. The number of rotatable bonds is 6. The van der Waals surface area contributed by atoms with E-state index < -0.39 is 0 Å². The van der Waals surface area contributed by atoms with Gasteiger partial charge in [0.25, 0.3) is 0 Å². The molecule has 2 aromatic heterocycles. The van der Waals surface area contributed by atoms with Crippen LogP contribution < -0.4 is 4.90 Å². The molecular formula is C21H22N4O2. The summed E-state index contributed by atoms with van der Waals surface area (Å²) in [4.78, 5) is 23.0. The Labute approximate surface area is 158 Å². The topological polar surface area (TPSA) is 72.1 Å². The van der Waals surface area contributed by atoms with Crippen LogP contribution in [0.15, 0.2) is 53.2 Å². The number of carbonyl (C=O) groups excluding carboxylic acids is 1. The molecule has 1 aromatic carbocycles. The second-order valence-corrected chi connectivity index (χ2v) is 6.85. The van der Waals surface area contributed by atoms with Crippen molar-refractivity contribution in [1.29, 1.82) is 0 Å². The minimum atomic E-state index is -0.0952. The number of aryl methyl sites for hydroxylation is 1. The smallest absolute Gasteiger partial charge is 0.232 e. The third kappa shape index (κ3) is 3.74. The van der Waals surface area contributed by atoms with Crippen molar-refractivity contribution in [1.82, 2.24) is 15.1 Å². The number of benzene rings is 1. The SMILES string of the molecule is CCCCc1ccc(N2CC(c3nc(-c4ccccn4)no3)CC2=O)cc1. The molecule has 3 aromatic rings. The fourth-order valence-electron chi connectivity index (χ4n) is 3.35. The first-order valence-corrected chi connectivity index (χ1v) is 9.39. The molecule has 27 heavy (non-hydrogen) atoms. The molecule has 1 amide bonds. The number of nitrogens with zero attached hydrogens (tertiary/aromatic N) is 4. The molecule has 3 heterocycles. The van der Waals surface area contributed by atoms with Crippen LogP contribution in [0.2, 0.25) is 0 Å². The molecular weight excluding hydrogens is 340 g/mol. The molecule has 0 aliphatic carbocycles. The monoisotopic (exact) mass is 362 g/mol. The number of hydrogen-bond acceptors (Lipinski definition) is 5. The number of amides is 1. The van der Waals surface area contributed by atoms with E-state index in [1.165, 1.54) is 18.4 Å². The summed E-state index contributed by atoms with van der Waals surface area (Å²) in [6.07, 6.45) is 5.50. The lowest BCUT2D eigenvalue weighted by molar-refractivity contribution is -0.117. The van der Waals surface area contributed by atoms with Crippen molar-refractivity contribution >= 4 is 11.6 Å². The second-order valence-electron chi connectivity index (χ2n) is 6.85. The van der Waals surface area contributed by atoms with Gasteiger partial charge < -0.3 is 9.42 Å². The Hall–Kier alpha value is -3.02. The molecule has 6 heteroatoms. The van der Waals surface area contributed by atoms with Gasteiger partial charge in [0, 0.05) is 24.8 Å². The van der Waals surface area contributed by atoms with Gasteiger partial charge in [0.1, 0.15) is 5.69 Å². The summed E-state index contributed by atoms with van der Waals surface area (Å²) in [6, 6.07) is 13.8. The van der Waals surface area contributed by atoms with Crippen LogP contribution in [0.3, 0.4) is 0 Å². The molecule has 4 rings (SSSR count). The Balaban J connectivity index is 1.47. The Morgan fingerprint density at radius 1 is 1.19 bits per heavy atom. The number of unbranched alkanes of at least 4 members (excludes halogenated alkanes) is 1. The van der Waals surface area contributed by atoms with Crippen LogP contribution in [0.5, 0.6) is 0 Å². The van der Waals surface area contributed by atoms with Crippen LogP contribution in [0.25, 0.3) is 11.5 Å². The maximum absolute atomic E-state index is 12.5. The Bertz CT molecular complexity index is 905. The van der Waals surface area contributed by atoms with Gasteiger partial charge in [-0.2, -0.15) is 4.98 Å². The number of carbonyl (C=O) groups is 1. The summed E-state index contributed by atoms with van der Waals surface area (Å²) in [6.45, 7) is 2.74. The van der Waals surface area contributed by atoms with Crippen LogP contribution in [0.1, 0.15) is 43.6 Å². The molecule has 0 saturated carbocycles. The largest absolute Gasteiger partial charge is 0.339 e. The number of anilines is 1. The molecule has 0 N–H and O–H groups in total. The highest BCUT2D eigenvalue weighted by molar-refractivity contribution is 5.96. The van der Waals surface area contributed by atoms with Gasteiger partial charge >= 0.3 is 0 Å². The molecule has 1 atom stereocenters. The summed E-state index contributed by atoms with van der Waals surface area (Å²) < 4.78 is 5.42. The van der Waals surface area contributed by atoms with E-state index >= 15 is 0 Å². The fraction of sp³-hybridized carbons (Fsp3) is 0.333. The highest BCUT2D eigenvalue weighted by Crippen LogP contribution is 2.32. The van der Waals surface area contributed by atoms with E-state index in [9.17, 15) is 4.79 Å². The summed E-state index contributed by atoms with van der Waals surface area (Å²) in [5, 5.41) is 4.02. The molecule has 1 saturated heterocycles. The van der Waals surface area contributed by atoms with E-state index in [2.05, 4.69) is 34.2 Å². The first-order valence-electron chi connectivity index (χ1n) is 9.39. The van der Waals surface area contributed by atoms with E-state index in [0.29, 0.717) is 30.4 Å². The van der Waals surface area contributed by atoms with Crippen molar-refractivity contribution in [3.05, 3.63) is 60.1 Å². The molecule has 6 nitrogen and oxygen atoms in total. The third-order valence-electron chi connectivity index (χ3n) is 4.88. The highest BCUT2D eigenvalue weighted by Gasteiger charge is 2.35. The lowest BCUT2D eigenvalue weighted by Crippen LogP contribution is -2.24. The molecule has 0 spiro atoms. The minimum Gasteiger partial charge on any atom is -0.339 e. The molecule has 1 fully saturated rings. The van der Waals surface area contributed by atoms with Gasteiger partial charge in [0.05, 0.1) is 5.92 Å². The van der Waals surface area contributed by atoms with Crippen LogP contribution in [-0.2, 0) is 11.2 Å². The van der Waals surface area contributed by atoms with Crippen LogP contribution >= 0.6 is 0 Å². The van der Waals surface area contributed by atoms with Gasteiger partial charge in [-0.25, -0.2) is 0 Å². The maximum Gasteiger partial charge on any atom is 0.232 e. The van der Waals surface area contributed by atoms with Crippen LogP contribution in [0, 0.1) is 0 Å². The highest BCUT2D eigenvalue weighted by atomic mass is 16.5. The van der Waals surface area contributed by atoms with Crippen molar-refractivity contribution in [3.63, 3.8) is 0 Å². The van der Waals surface area contributed by atoms with E-state index in [4.69, 9.17) is 4.52 Å². The predicted octanol–water partition coefficient (Wildman–Crippen LogP) is 3.99. The van der Waals surface area contributed by atoms with Gasteiger partial charge in [-0.15, -0.1) is 0 Å². The van der Waals surface area contributed by atoms with E-state index in [1.54, 1.807) is 11.1 Å². The Morgan fingerprint density at radius 3 is 2.78 bits per heavy atom. The van der Waals surface area contributed by atoms with Crippen LogP contribution in [0.4, 0.5) is 5.69 Å². The third-order valence-corrected chi connectivity index (χ3v) is 4.88. The standard InChI is InChI=1S/C21H22N4O2/c1-2-3-6-15-8-10-17(11-9-15)25-14-16(13-19(25)26)21-23-20(24-27-21)18-7-4-5-12-22-18/h4-5,7-12,16H,2-3,6,13-14H2,1H3. The molecule has 138 valence electrons. The van der Waals surface area contributed by atoms with E-state index in [0.717, 1.165) is 12.1 Å². The molecule has 0 bridgehead atoms. The van der Waals surface area contributed by atoms with Gasteiger partial charge in [0.15, 0.2) is 0 Å². The summed E-state index contributed by atoms with van der Waals surface area (Å²) in [7, 11) is 0. The van der Waals surface area contributed by atoms with Crippen molar-refractivity contribution < 1.29 is 9.32 Å². The molecule has 1 unspecified atom stereocenters. The van der Waals surface area contributed by atoms with Gasteiger partial charge in [-0.1, -0.05) is 36.7 Å². The maximum atomic E-state index is 12.5. The normalized spacial score (nSPS) is 16.9. The lowest BCUT2D eigenvalue weighted by atomic mass is 10.1. The lowest BCUT2D eigenvalue weighted by Gasteiger charge is -2.16. The molecule has 0 radical (unpaired) electrons. The van der Waals surface area contributed by atoms with E-state index in [-0.39, 0.29) is 11.8 Å². The zero-order chi connectivity index (χ0) is 18.6. The Morgan fingerprint density at radius 2 is 2.04 bits per heavy atom. The van der Waals surface area contributed by atoms with Crippen molar-refractivity contribution in [3.8, 4) is 11.5 Å². The summed E-state index contributed by atoms with van der Waals surface area (Å²) >= 11 is 0. The minimum absolute atomic E-state index is 0.0823. The van der Waals surface area contributed by atoms with Crippen molar-refractivity contribution in [2.75, 3.05) is 11.4 Å². The number of pyridine rings is 1. The first kappa shape index (κ1) is 17.4. The average Bonchev–Trinajstić information content (AvgIpc) is 3.34. The van der Waals surface area contributed by atoms with Gasteiger partial charge in [0.2, 0.25) is 17.6 Å². The number of hydrogen-bond donors (Lipinski definition) is 0. The summed E-state index contributed by atoms with van der Waals surface area (Å²) in [5.41, 5.74) is 2.89. The molecule has 1 aliphatic rings. The predicted molar refractivity (Wildman–Crippen MR) is 102 cm³/mol. The fourth-order valence-corrected chi connectivity index (χ4v) is 3.35. The summed E-state index contributed by atoms with van der Waals surface area (Å²) in [5.74, 6) is 0.934. The van der Waals surface area contributed by atoms with Crippen molar-refractivity contribution in [2.45, 2.75) is 38.5 Å². The first-order chi connectivity index (χ1) is 13.2. The van der Waals surface area contributed by atoms with Gasteiger partial charge in [-0.3, -0.25) is 9.78 Å². The van der Waals surface area contributed by atoms with Crippen molar-refractivity contribution in [2.24, 2.45) is 0 Å². The Kier molecular flexibility index (Phi) is 4.96. The van der Waals surface area contributed by atoms with E-state index in [1.807, 2.05) is 30.3 Å². The van der Waals surface area contributed by atoms with Gasteiger partial charge in [-0.05, 0) is 42.7 Å².